The van der Waals surface area contributed by atoms with E-state index in [1.54, 1.807) is 0 Å². The van der Waals surface area contributed by atoms with E-state index in [0.717, 1.165) is 37.2 Å². The lowest BCUT2D eigenvalue weighted by atomic mass is 9.94. The molecule has 0 aliphatic rings. The van der Waals surface area contributed by atoms with Crippen molar-refractivity contribution in [2.45, 2.75) is 104 Å². The van der Waals surface area contributed by atoms with Crippen LogP contribution in [0.2, 0.25) is 0 Å². The molecule has 0 amide bonds. The summed E-state index contributed by atoms with van der Waals surface area (Å²) in [5, 5.41) is 0. The van der Waals surface area contributed by atoms with Gasteiger partial charge in [0.15, 0.2) is 0 Å². The predicted octanol–water partition coefficient (Wildman–Crippen LogP) is 7.74. The molecule has 0 fully saturated rings. The topological polar surface area (TPSA) is 82.1 Å². The molecule has 0 radical (unpaired) electrons. The summed E-state index contributed by atoms with van der Waals surface area (Å²) in [5.41, 5.74) is 1.14. The normalized spacial score (nSPS) is 14.2. The van der Waals surface area contributed by atoms with E-state index in [4.69, 9.17) is 13.8 Å². The average Bonchev–Trinajstić information content (AvgIpc) is 2.87. The zero-order chi connectivity index (χ0) is 29.0. The van der Waals surface area contributed by atoms with E-state index in [-0.39, 0.29) is 24.9 Å². The number of phosphoric acid groups is 1. The van der Waals surface area contributed by atoms with Crippen LogP contribution < -0.4 is 4.74 Å². The Morgan fingerprint density at radius 2 is 1.49 bits per heavy atom. The van der Waals surface area contributed by atoms with Gasteiger partial charge in [-0.25, -0.2) is 4.57 Å². The molecule has 0 aromatic heterocycles. The van der Waals surface area contributed by atoms with Gasteiger partial charge in [0.25, 0.3) is 0 Å². The van der Waals surface area contributed by atoms with Crippen LogP contribution in [0.4, 0.5) is 0 Å². The minimum Gasteiger partial charge on any atom is -0.494 e. The van der Waals surface area contributed by atoms with Crippen molar-refractivity contribution < 1.29 is 32.5 Å². The van der Waals surface area contributed by atoms with Gasteiger partial charge in [-0.3, -0.25) is 13.8 Å². The number of likely N-dealkylation sites (N-methyl/N-ethyl adjacent to an activating group) is 1. The van der Waals surface area contributed by atoms with Crippen LogP contribution in [-0.2, 0) is 24.8 Å². The molecular formula is C31H57NO6P+. The molecule has 1 rings (SSSR count). The lowest BCUT2D eigenvalue weighted by molar-refractivity contribution is -0.870. The van der Waals surface area contributed by atoms with Gasteiger partial charge in [0, 0.05) is 12.8 Å². The van der Waals surface area contributed by atoms with Gasteiger partial charge >= 0.3 is 7.82 Å². The standard InChI is InChI=1S/C31H56NO6P/c1-6-8-9-10-11-12-13-14-15-24-36-31-21-19-28(20-22-31)17-18-29(26-30(33)16-7-2)27-38-39(34,35)37-25-23-32(3,4)5/h19-22,29H,6-18,23-27H2,1-5H3/p+1. The molecule has 0 spiro atoms. The van der Waals surface area contributed by atoms with Crippen molar-refractivity contribution in [1.29, 1.82) is 0 Å². The third kappa shape index (κ3) is 20.3. The van der Waals surface area contributed by atoms with Crippen LogP contribution in [0, 0.1) is 5.92 Å². The van der Waals surface area contributed by atoms with E-state index in [2.05, 4.69) is 19.1 Å². The van der Waals surface area contributed by atoms with Crippen molar-refractivity contribution in [3.05, 3.63) is 29.8 Å². The van der Waals surface area contributed by atoms with Gasteiger partial charge in [-0.2, -0.15) is 0 Å². The summed E-state index contributed by atoms with van der Waals surface area (Å²) < 4.78 is 29.3. The second-order valence-electron chi connectivity index (χ2n) is 11.8. The molecule has 226 valence electrons. The zero-order valence-electron chi connectivity index (χ0n) is 25.5. The number of rotatable bonds is 25. The van der Waals surface area contributed by atoms with Gasteiger partial charge < -0.3 is 14.1 Å². The van der Waals surface area contributed by atoms with E-state index >= 15 is 0 Å². The molecule has 1 aromatic carbocycles. The number of Topliss-reactive ketones (excluding diaryl/α,β-unsaturated/α-hetero) is 1. The Labute approximate surface area is 238 Å². The molecule has 7 nitrogen and oxygen atoms in total. The highest BCUT2D eigenvalue weighted by Crippen LogP contribution is 2.44. The van der Waals surface area contributed by atoms with Crippen molar-refractivity contribution in [3.63, 3.8) is 0 Å². The van der Waals surface area contributed by atoms with E-state index in [1.165, 1.54) is 51.4 Å². The maximum Gasteiger partial charge on any atom is 0.472 e. The number of phosphoric ester groups is 1. The van der Waals surface area contributed by atoms with Crippen LogP contribution >= 0.6 is 7.82 Å². The molecule has 0 aliphatic carbocycles. The fourth-order valence-electron chi connectivity index (χ4n) is 4.34. The third-order valence-electron chi connectivity index (χ3n) is 6.82. The number of benzene rings is 1. The molecule has 8 heteroatoms. The number of nitrogens with zero attached hydrogens (tertiary/aromatic N) is 1. The summed E-state index contributed by atoms with van der Waals surface area (Å²) in [6.45, 7) is 5.71. The van der Waals surface area contributed by atoms with E-state index in [0.29, 0.717) is 30.3 Å². The Bertz CT molecular complexity index is 808. The zero-order valence-corrected chi connectivity index (χ0v) is 26.4. The van der Waals surface area contributed by atoms with Crippen LogP contribution in [0.15, 0.2) is 24.3 Å². The maximum atomic E-state index is 12.3. The summed E-state index contributed by atoms with van der Waals surface area (Å²) in [4.78, 5) is 22.4. The predicted molar refractivity (Wildman–Crippen MR) is 160 cm³/mol. The highest BCUT2D eigenvalue weighted by molar-refractivity contribution is 7.47. The number of ketones is 1. The largest absolute Gasteiger partial charge is 0.494 e. The Kier molecular flexibility index (Phi) is 18.9. The molecule has 0 heterocycles. The van der Waals surface area contributed by atoms with Gasteiger partial charge in [0.2, 0.25) is 0 Å². The van der Waals surface area contributed by atoms with E-state index in [9.17, 15) is 14.3 Å². The molecule has 1 N–H and O–H groups in total. The van der Waals surface area contributed by atoms with Gasteiger partial charge in [-0.05, 0) is 49.3 Å². The quantitative estimate of drug-likeness (QED) is 0.0735. The number of ether oxygens (including phenoxy) is 1. The molecule has 0 saturated carbocycles. The Balaban J connectivity index is 2.42. The smallest absolute Gasteiger partial charge is 0.472 e. The first kappa shape index (κ1) is 35.8. The van der Waals surface area contributed by atoms with Gasteiger partial charge in [-0.15, -0.1) is 0 Å². The summed E-state index contributed by atoms with van der Waals surface area (Å²) in [6.07, 6.45) is 14.8. The molecule has 39 heavy (non-hydrogen) atoms. The van der Waals surface area contributed by atoms with E-state index in [1.807, 2.05) is 40.2 Å². The molecule has 2 atom stereocenters. The van der Waals surface area contributed by atoms with Gasteiger partial charge in [0.05, 0.1) is 34.4 Å². The molecule has 2 unspecified atom stereocenters. The summed E-state index contributed by atoms with van der Waals surface area (Å²) in [7, 11) is 1.80. The number of hydrogen-bond donors (Lipinski definition) is 1. The second kappa shape index (κ2) is 20.6. The van der Waals surface area contributed by atoms with Crippen molar-refractivity contribution in [2.24, 2.45) is 5.92 Å². The first-order valence-corrected chi connectivity index (χ1v) is 16.7. The fraction of sp³-hybridized carbons (Fsp3) is 0.774. The van der Waals surface area contributed by atoms with Crippen molar-refractivity contribution in [2.75, 3.05) is 47.5 Å². The molecular weight excluding hydrogens is 513 g/mol. The highest BCUT2D eigenvalue weighted by atomic mass is 31.2. The van der Waals surface area contributed by atoms with Crippen molar-refractivity contribution >= 4 is 13.6 Å². The van der Waals surface area contributed by atoms with Crippen LogP contribution in [0.1, 0.15) is 103 Å². The third-order valence-corrected chi connectivity index (χ3v) is 7.80. The van der Waals surface area contributed by atoms with Gasteiger partial charge in [0.1, 0.15) is 24.7 Å². The first-order chi connectivity index (χ1) is 18.5. The number of hydrogen-bond acceptors (Lipinski definition) is 5. The molecule has 1 aromatic rings. The number of carbonyl (C=O) groups excluding carboxylic acids is 1. The molecule has 0 saturated heterocycles. The number of aryl methyl sites for hydroxylation is 1. The fourth-order valence-corrected chi connectivity index (χ4v) is 5.13. The van der Waals surface area contributed by atoms with Crippen LogP contribution in [0.3, 0.4) is 0 Å². The van der Waals surface area contributed by atoms with Crippen LogP contribution in [0.5, 0.6) is 5.75 Å². The monoisotopic (exact) mass is 570 g/mol. The minimum absolute atomic E-state index is 0.0214. The minimum atomic E-state index is -4.16. The lowest BCUT2D eigenvalue weighted by Gasteiger charge is -2.24. The second-order valence-corrected chi connectivity index (χ2v) is 13.3. The highest BCUT2D eigenvalue weighted by Gasteiger charge is 2.25. The average molecular weight is 571 g/mol. The number of quaternary nitrogens is 1. The first-order valence-electron chi connectivity index (χ1n) is 15.2. The van der Waals surface area contributed by atoms with Crippen molar-refractivity contribution in [3.8, 4) is 5.75 Å². The van der Waals surface area contributed by atoms with Crippen LogP contribution in [0.25, 0.3) is 0 Å². The summed E-state index contributed by atoms with van der Waals surface area (Å²) >= 11 is 0. The number of carbonyl (C=O) groups is 1. The van der Waals surface area contributed by atoms with Crippen molar-refractivity contribution in [1.82, 2.24) is 0 Å². The van der Waals surface area contributed by atoms with E-state index < -0.39 is 7.82 Å². The Morgan fingerprint density at radius 1 is 0.872 bits per heavy atom. The Hall–Kier alpha value is -1.24. The summed E-state index contributed by atoms with van der Waals surface area (Å²) in [5.74, 6) is 0.891. The lowest BCUT2D eigenvalue weighted by Crippen LogP contribution is -2.37. The maximum absolute atomic E-state index is 12.3. The number of unbranched alkanes of at least 4 members (excludes halogenated alkanes) is 8. The SMILES string of the molecule is CCCCCCCCCCCOc1ccc(CCC(COP(=O)(O)OCC[N+](C)(C)C)CC(=O)CCC)cc1. The summed E-state index contributed by atoms with van der Waals surface area (Å²) in [6, 6.07) is 8.12. The van der Waals surface area contributed by atoms with Crippen LogP contribution in [-0.4, -0.2) is 62.7 Å². The van der Waals surface area contributed by atoms with Gasteiger partial charge in [-0.1, -0.05) is 77.3 Å². The Morgan fingerprint density at radius 3 is 2.08 bits per heavy atom. The molecule has 0 bridgehead atoms. The molecule has 0 aliphatic heterocycles.